The number of hydrogen-bond donors (Lipinski definition) is 0. The number of hydrogen-bond acceptors (Lipinski definition) is 0. The Hall–Kier alpha value is -5.81. The van der Waals surface area contributed by atoms with Crippen molar-refractivity contribution in [3.05, 3.63) is 233 Å². The monoisotopic (exact) mass is 1540 g/mol. The van der Waals surface area contributed by atoms with E-state index in [1.807, 2.05) is 0 Å². The molecule has 0 heterocycles. The maximum atomic E-state index is 2.95. The molecule has 604 valence electrons. The van der Waals surface area contributed by atoms with Gasteiger partial charge in [-0.05, 0) is 341 Å². The highest BCUT2D eigenvalue weighted by molar-refractivity contribution is 6.82. The number of rotatable bonds is 16. The molecule has 4 saturated carbocycles. The highest BCUT2D eigenvalue weighted by Gasteiger charge is 2.61. The molecule has 113 heavy (non-hydrogen) atoms. The van der Waals surface area contributed by atoms with Crippen LogP contribution >= 0.6 is 0 Å². The first kappa shape index (κ1) is 83.7. The third kappa shape index (κ3) is 16.3. The van der Waals surface area contributed by atoms with Crippen LogP contribution in [0.4, 0.5) is 0 Å². The summed E-state index contributed by atoms with van der Waals surface area (Å²) in [4.78, 5) is 0. The average molecular weight is 1540 g/mol. The summed E-state index contributed by atoms with van der Waals surface area (Å²) in [5, 5.41) is 0. The second-order valence-electron chi connectivity index (χ2n) is 45.2. The fourth-order valence-electron chi connectivity index (χ4n) is 25.5. The van der Waals surface area contributed by atoms with Crippen LogP contribution in [0.15, 0.2) is 155 Å². The lowest BCUT2D eigenvalue weighted by molar-refractivity contribution is 0.377. The van der Waals surface area contributed by atoms with E-state index in [9.17, 15) is 0 Å². The Kier molecular flexibility index (Phi) is 23.8. The number of benzene rings is 6. The van der Waals surface area contributed by atoms with Crippen LogP contribution in [0.2, 0.25) is 37.3 Å². The van der Waals surface area contributed by atoms with Crippen LogP contribution in [0.25, 0.3) is 45.6 Å². The number of fused-ring (bicyclic) bond motifs is 8. The van der Waals surface area contributed by atoms with E-state index >= 15 is 0 Å². The Morgan fingerprint density at radius 2 is 0.681 bits per heavy atom. The molecule has 0 radical (unpaired) electrons. The molecule has 10 unspecified atom stereocenters. The van der Waals surface area contributed by atoms with Crippen LogP contribution in [0.3, 0.4) is 0 Å². The van der Waals surface area contributed by atoms with Crippen LogP contribution in [0, 0.1) is 59.2 Å². The van der Waals surface area contributed by atoms with Crippen molar-refractivity contribution in [3.8, 4) is 22.3 Å². The van der Waals surface area contributed by atoms with E-state index < -0.39 is 16.1 Å². The van der Waals surface area contributed by atoms with Gasteiger partial charge >= 0.3 is 0 Å². The molecule has 0 aromatic heterocycles. The molecule has 0 bridgehead atoms. The molecule has 0 nitrogen and oxygen atoms in total. The Labute approximate surface area is 693 Å². The van der Waals surface area contributed by atoms with Crippen molar-refractivity contribution in [1.82, 2.24) is 0 Å². The molecule has 4 fully saturated rings. The minimum Gasteiger partial charge on any atom is -0.0773 e. The molecule has 0 spiro atoms. The summed E-state index contributed by atoms with van der Waals surface area (Å²) in [6, 6.07) is 44.9. The topological polar surface area (TPSA) is 0 Å². The van der Waals surface area contributed by atoms with Gasteiger partial charge in [-0.25, -0.2) is 0 Å². The molecule has 0 aliphatic heterocycles. The highest BCUT2D eigenvalue weighted by Crippen LogP contribution is 2.70. The maximum absolute atomic E-state index is 2.95. The van der Waals surface area contributed by atoms with Crippen molar-refractivity contribution in [3.63, 3.8) is 0 Å². The normalized spacial score (nSPS) is 24.5. The second-order valence-corrected chi connectivity index (χ2v) is 55.0. The van der Waals surface area contributed by atoms with E-state index in [0.29, 0.717) is 46.6 Å². The van der Waals surface area contributed by atoms with E-state index in [1.165, 1.54) is 155 Å². The summed E-state index contributed by atoms with van der Waals surface area (Å²) >= 11 is 0. The van der Waals surface area contributed by atoms with Gasteiger partial charge in [0, 0.05) is 11.1 Å². The van der Waals surface area contributed by atoms with Gasteiger partial charge in [0.25, 0.3) is 0 Å². The Morgan fingerprint density at radius 3 is 0.982 bits per heavy atom. The van der Waals surface area contributed by atoms with Gasteiger partial charge < -0.3 is 0 Å². The summed E-state index contributed by atoms with van der Waals surface area (Å²) < 4.78 is 0. The van der Waals surface area contributed by atoms with Crippen molar-refractivity contribution in [2.45, 2.75) is 344 Å². The van der Waals surface area contributed by atoms with Gasteiger partial charge in [0.2, 0.25) is 0 Å². The van der Waals surface area contributed by atoms with E-state index in [2.05, 4.69) is 312 Å². The van der Waals surface area contributed by atoms with Crippen molar-refractivity contribution >= 4 is 39.4 Å². The average Bonchev–Trinajstić information content (AvgIpc) is 1.41. The first-order chi connectivity index (χ1) is 53.3. The van der Waals surface area contributed by atoms with Crippen molar-refractivity contribution in [2.75, 3.05) is 0 Å². The van der Waals surface area contributed by atoms with Gasteiger partial charge in [-0.2, -0.15) is 0 Å². The zero-order chi connectivity index (χ0) is 81.1. The molecular formula is C111H152Si2. The SMILES string of the molecule is CC(C)CC1=Cc2c(cc3c(c2-c2ccc(C(C)(C)C)cc2)CCC3)C1[Si](C)(C)C1C(CC(C)C)=Cc2c1cc1c(c2-c2ccc(C(C)(C)C)cc2)CCC1.CC(C)CC1CC2C(c3ccc(C(C)(C)C)cc3)=C3CCCC3=CC2C1[Si](C)(C)C1C(CC(C)C)CC2C(c3ccc(C(C)(C)C)cc3)=C3CCCC3=CC21.CCC. The van der Waals surface area contributed by atoms with Crippen LogP contribution in [-0.4, -0.2) is 16.1 Å². The molecule has 2 heteroatoms. The van der Waals surface area contributed by atoms with Crippen molar-refractivity contribution < 1.29 is 0 Å². The fraction of sp³-hybridized carbons (Fsp3) is 0.568. The van der Waals surface area contributed by atoms with Gasteiger partial charge in [-0.15, -0.1) is 0 Å². The number of allylic oxidation sites excluding steroid dienone is 10. The van der Waals surface area contributed by atoms with E-state index in [4.69, 9.17) is 0 Å². The Balaban J connectivity index is 0.000000181. The van der Waals surface area contributed by atoms with E-state index in [1.54, 1.807) is 111 Å². The summed E-state index contributed by atoms with van der Waals surface area (Å²) in [6.45, 7) is 63.8. The summed E-state index contributed by atoms with van der Waals surface area (Å²) in [6.07, 6.45) is 35.8. The largest absolute Gasteiger partial charge is 0.0773 e. The summed E-state index contributed by atoms with van der Waals surface area (Å²) in [5.41, 5.74) is 45.2. The zero-order valence-corrected chi connectivity index (χ0v) is 78.2. The highest BCUT2D eigenvalue weighted by atomic mass is 28.3. The molecule has 0 saturated heterocycles. The maximum Gasteiger partial charge on any atom is 0.0722 e. The first-order valence-electron chi connectivity index (χ1n) is 46.4. The zero-order valence-electron chi connectivity index (χ0n) is 76.2. The van der Waals surface area contributed by atoms with Crippen LogP contribution in [-0.2, 0) is 47.3 Å². The molecule has 10 aliphatic carbocycles. The Morgan fingerprint density at radius 1 is 0.372 bits per heavy atom. The fourth-order valence-corrected chi connectivity index (χ4v) is 36.3. The number of aryl methyl sites for hydroxylation is 2. The lowest BCUT2D eigenvalue weighted by atomic mass is 9.75. The molecule has 0 amide bonds. The van der Waals surface area contributed by atoms with Gasteiger partial charge in [0.15, 0.2) is 0 Å². The predicted molar refractivity (Wildman–Crippen MR) is 501 cm³/mol. The molecular weight excluding hydrogens is 1390 g/mol. The van der Waals surface area contributed by atoms with Crippen LogP contribution in [0.5, 0.6) is 0 Å². The van der Waals surface area contributed by atoms with Gasteiger partial charge in [-0.1, -0.05) is 330 Å². The lowest BCUT2D eigenvalue weighted by Gasteiger charge is -2.48. The minimum atomic E-state index is -2.12. The summed E-state index contributed by atoms with van der Waals surface area (Å²) in [7, 11) is -3.98. The molecule has 6 aromatic rings. The Bertz CT molecular complexity index is 4380. The van der Waals surface area contributed by atoms with Crippen LogP contribution in [0.1, 0.15) is 338 Å². The smallest absolute Gasteiger partial charge is 0.0722 e. The standard InChI is InChI=1S/C54H76Si.C54H68Si.C3H8/c2*1-33(2)27-39-31-45-47(29-37-15-13-17-43(37)49(45)35-19-23-41(24-20-35)53(5,6)7)51(39)55(11,12)52-40(28-34(3)4)32-46-48(52)30-38-16-14-18-44(38)50(46)36-21-25-42(26-22-36)54(8,9)10;1-3-2/h19-26,29-30,33-34,39-40,45-48,51-52H,13-18,27-28,31-32H2,1-12H3;19-26,29-34,51-52H,13-18,27-28H2,1-12H3;3H2,1-2H3. The van der Waals surface area contributed by atoms with Crippen molar-refractivity contribution in [1.29, 1.82) is 0 Å². The van der Waals surface area contributed by atoms with E-state index in [0.717, 1.165) is 34.8 Å². The molecule has 16 rings (SSSR count). The molecule has 10 atom stereocenters. The molecule has 0 N–H and O–H groups in total. The van der Waals surface area contributed by atoms with Gasteiger partial charge in [0.05, 0.1) is 16.1 Å². The van der Waals surface area contributed by atoms with Gasteiger partial charge in [0.1, 0.15) is 0 Å². The van der Waals surface area contributed by atoms with Crippen LogP contribution < -0.4 is 0 Å². The molecule has 10 aliphatic rings. The quantitative estimate of drug-likeness (QED) is 0.0848. The second kappa shape index (κ2) is 32.1. The first-order valence-corrected chi connectivity index (χ1v) is 52.7. The molecule has 6 aromatic carbocycles. The third-order valence-corrected chi connectivity index (χ3v) is 39.3. The van der Waals surface area contributed by atoms with Crippen molar-refractivity contribution in [2.24, 2.45) is 59.2 Å². The van der Waals surface area contributed by atoms with E-state index in [-0.39, 0.29) is 21.7 Å². The van der Waals surface area contributed by atoms with Gasteiger partial charge in [-0.3, -0.25) is 0 Å². The predicted octanol–water partition coefficient (Wildman–Crippen LogP) is 32.3. The lowest BCUT2D eigenvalue weighted by Crippen LogP contribution is -2.47. The third-order valence-electron chi connectivity index (χ3n) is 29.8. The summed E-state index contributed by atoms with van der Waals surface area (Å²) in [5.74, 6) is 7.18. The minimum absolute atomic E-state index is 0.152.